The Morgan fingerprint density at radius 3 is 2.90 bits per heavy atom. The lowest BCUT2D eigenvalue weighted by molar-refractivity contribution is -0.124. The third kappa shape index (κ3) is 2.64. The predicted octanol–water partition coefficient (Wildman–Crippen LogP) is 3.82. The Morgan fingerprint density at radius 2 is 2.05 bits per heavy atom. The largest absolute Gasteiger partial charge is 0.387 e. The van der Waals surface area contributed by atoms with Crippen LogP contribution >= 0.6 is 0 Å². The minimum atomic E-state index is -0.623. The molecule has 1 aromatic rings. The maximum atomic E-state index is 11.1. The molecule has 0 amide bonds. The lowest BCUT2D eigenvalue weighted by atomic mass is 9.71. The van der Waals surface area contributed by atoms with Gasteiger partial charge in [0.2, 0.25) is 0 Å². The van der Waals surface area contributed by atoms with E-state index in [4.69, 9.17) is 4.74 Å². The molecule has 110 valence electrons. The lowest BCUT2D eigenvalue weighted by Gasteiger charge is -2.42. The summed E-state index contributed by atoms with van der Waals surface area (Å²) in [4.78, 5) is 0. The molecule has 1 N–H and O–H groups in total. The van der Waals surface area contributed by atoms with Crippen LogP contribution < -0.4 is 0 Å². The van der Waals surface area contributed by atoms with Gasteiger partial charge < -0.3 is 9.84 Å². The molecule has 3 atom stereocenters. The maximum absolute atomic E-state index is 11.1. The molecular formula is C18H26O2. The van der Waals surface area contributed by atoms with E-state index in [0.29, 0.717) is 5.92 Å². The second-order valence-electron chi connectivity index (χ2n) is 6.57. The minimum absolute atomic E-state index is 0.0188. The Hall–Kier alpha value is -0.860. The second kappa shape index (κ2) is 5.87. The lowest BCUT2D eigenvalue weighted by Crippen LogP contribution is -2.47. The van der Waals surface area contributed by atoms with Gasteiger partial charge in [-0.2, -0.15) is 0 Å². The van der Waals surface area contributed by atoms with Gasteiger partial charge in [0, 0.05) is 7.11 Å². The van der Waals surface area contributed by atoms with Crippen molar-refractivity contribution in [3.05, 3.63) is 35.4 Å². The van der Waals surface area contributed by atoms with Crippen molar-refractivity contribution in [1.82, 2.24) is 0 Å². The highest BCUT2D eigenvalue weighted by Gasteiger charge is 2.41. The average molecular weight is 274 g/mol. The summed E-state index contributed by atoms with van der Waals surface area (Å²) >= 11 is 0. The van der Waals surface area contributed by atoms with Gasteiger partial charge >= 0.3 is 0 Å². The van der Waals surface area contributed by atoms with Gasteiger partial charge in [0.25, 0.3) is 0 Å². The van der Waals surface area contributed by atoms with E-state index in [1.165, 1.54) is 36.8 Å². The molecule has 0 spiro atoms. The molecule has 2 aliphatic rings. The van der Waals surface area contributed by atoms with E-state index in [1.807, 2.05) is 0 Å². The molecule has 2 heteroatoms. The summed E-state index contributed by atoms with van der Waals surface area (Å²) in [6.45, 7) is 0. The van der Waals surface area contributed by atoms with Gasteiger partial charge in [-0.05, 0) is 55.6 Å². The zero-order chi connectivity index (χ0) is 14.0. The Bertz CT molecular complexity index is 456. The summed E-state index contributed by atoms with van der Waals surface area (Å²) < 4.78 is 5.59. The molecule has 3 rings (SSSR count). The first kappa shape index (κ1) is 14.1. The van der Waals surface area contributed by atoms with Crippen molar-refractivity contribution in [2.75, 3.05) is 7.11 Å². The van der Waals surface area contributed by atoms with Gasteiger partial charge in [0.05, 0.1) is 11.7 Å². The second-order valence-corrected chi connectivity index (χ2v) is 6.57. The zero-order valence-electron chi connectivity index (χ0n) is 12.5. The molecule has 1 fully saturated rings. The van der Waals surface area contributed by atoms with E-state index < -0.39 is 5.60 Å². The number of fused-ring (bicyclic) bond motifs is 1. The summed E-state index contributed by atoms with van der Waals surface area (Å²) in [5.41, 5.74) is 2.33. The van der Waals surface area contributed by atoms with E-state index >= 15 is 0 Å². The summed E-state index contributed by atoms with van der Waals surface area (Å²) in [5.74, 6) is 0.501. The molecule has 0 aromatic heterocycles. The van der Waals surface area contributed by atoms with Crippen molar-refractivity contribution in [2.24, 2.45) is 0 Å². The summed E-state index contributed by atoms with van der Waals surface area (Å²) in [5, 5.41) is 11.1. The van der Waals surface area contributed by atoms with Crippen LogP contribution in [0, 0.1) is 0 Å². The Kier molecular flexibility index (Phi) is 4.13. The van der Waals surface area contributed by atoms with Crippen LogP contribution in [0.2, 0.25) is 0 Å². The van der Waals surface area contributed by atoms with Crippen LogP contribution in [0.5, 0.6) is 0 Å². The monoisotopic (exact) mass is 274 g/mol. The number of benzene rings is 1. The molecule has 0 bridgehead atoms. The van der Waals surface area contributed by atoms with Gasteiger partial charge in [-0.25, -0.2) is 0 Å². The molecule has 2 nitrogen and oxygen atoms in total. The molecule has 0 saturated heterocycles. The third-order valence-electron chi connectivity index (χ3n) is 5.30. The number of methoxy groups -OCH3 is 1. The smallest absolute Gasteiger partial charge is 0.0913 e. The number of aliphatic hydroxyl groups is 1. The molecule has 3 unspecified atom stereocenters. The van der Waals surface area contributed by atoms with E-state index in [0.717, 1.165) is 25.7 Å². The van der Waals surface area contributed by atoms with Crippen LogP contribution in [0.25, 0.3) is 0 Å². The highest BCUT2D eigenvalue weighted by molar-refractivity contribution is 5.33. The first-order valence-electron chi connectivity index (χ1n) is 8.06. The molecule has 2 aliphatic carbocycles. The summed E-state index contributed by atoms with van der Waals surface area (Å²) in [6.07, 6.45) is 8.73. The van der Waals surface area contributed by atoms with E-state index in [-0.39, 0.29) is 6.10 Å². The standard InChI is InChI=1S/C18H26O2/c1-20-17-11-4-5-12-18(17,19)13-15-9-6-8-14-7-2-3-10-16(14)15/h2-3,7,10,15,17,19H,4-6,8-9,11-13H2,1H3. The van der Waals surface area contributed by atoms with Gasteiger partial charge in [-0.1, -0.05) is 37.1 Å². The molecular weight excluding hydrogens is 248 g/mol. The molecule has 20 heavy (non-hydrogen) atoms. The molecule has 0 radical (unpaired) electrons. The highest BCUT2D eigenvalue weighted by Crippen LogP contribution is 2.42. The minimum Gasteiger partial charge on any atom is -0.387 e. The van der Waals surface area contributed by atoms with Gasteiger partial charge in [0.1, 0.15) is 0 Å². The number of hydrogen-bond donors (Lipinski definition) is 1. The fourth-order valence-corrected chi connectivity index (χ4v) is 4.25. The molecule has 1 aromatic carbocycles. The zero-order valence-corrected chi connectivity index (χ0v) is 12.5. The number of ether oxygens (including phenoxy) is 1. The maximum Gasteiger partial charge on any atom is 0.0913 e. The van der Waals surface area contributed by atoms with Crippen molar-refractivity contribution in [3.63, 3.8) is 0 Å². The summed E-state index contributed by atoms with van der Waals surface area (Å²) in [6, 6.07) is 8.78. The molecule has 0 aliphatic heterocycles. The summed E-state index contributed by atoms with van der Waals surface area (Å²) in [7, 11) is 1.75. The first-order valence-corrected chi connectivity index (χ1v) is 8.06. The third-order valence-corrected chi connectivity index (χ3v) is 5.30. The normalized spacial score (nSPS) is 33.7. The first-order chi connectivity index (χ1) is 9.73. The van der Waals surface area contributed by atoms with Crippen LogP contribution in [0.1, 0.15) is 62.0 Å². The topological polar surface area (TPSA) is 29.5 Å². The molecule has 1 saturated carbocycles. The van der Waals surface area contributed by atoms with Crippen LogP contribution in [-0.4, -0.2) is 23.9 Å². The number of hydrogen-bond acceptors (Lipinski definition) is 2. The quantitative estimate of drug-likeness (QED) is 0.908. The van der Waals surface area contributed by atoms with Crippen molar-refractivity contribution in [2.45, 2.75) is 69.0 Å². The van der Waals surface area contributed by atoms with Crippen LogP contribution in [0.3, 0.4) is 0 Å². The average Bonchev–Trinajstić information content (AvgIpc) is 2.48. The number of rotatable bonds is 3. The number of aryl methyl sites for hydroxylation is 1. The van der Waals surface area contributed by atoms with Crippen LogP contribution in [0.15, 0.2) is 24.3 Å². The van der Waals surface area contributed by atoms with Crippen molar-refractivity contribution in [1.29, 1.82) is 0 Å². The molecule has 0 heterocycles. The van der Waals surface area contributed by atoms with Crippen molar-refractivity contribution in [3.8, 4) is 0 Å². The van der Waals surface area contributed by atoms with Crippen molar-refractivity contribution < 1.29 is 9.84 Å². The Balaban J connectivity index is 1.80. The van der Waals surface area contributed by atoms with Crippen LogP contribution in [0.4, 0.5) is 0 Å². The van der Waals surface area contributed by atoms with E-state index in [2.05, 4.69) is 24.3 Å². The van der Waals surface area contributed by atoms with Crippen molar-refractivity contribution >= 4 is 0 Å². The Labute approximate surface area is 122 Å². The fraction of sp³-hybridized carbons (Fsp3) is 0.667. The highest BCUT2D eigenvalue weighted by atomic mass is 16.5. The van der Waals surface area contributed by atoms with E-state index in [1.54, 1.807) is 7.11 Å². The van der Waals surface area contributed by atoms with Crippen LogP contribution in [-0.2, 0) is 11.2 Å². The SMILES string of the molecule is COC1CCCCC1(O)CC1CCCc2ccccc21. The predicted molar refractivity (Wildman–Crippen MR) is 81.0 cm³/mol. The van der Waals surface area contributed by atoms with E-state index in [9.17, 15) is 5.11 Å². The van der Waals surface area contributed by atoms with Gasteiger partial charge in [-0.3, -0.25) is 0 Å². The van der Waals surface area contributed by atoms with Gasteiger partial charge in [0.15, 0.2) is 0 Å². The fourth-order valence-electron chi connectivity index (χ4n) is 4.25. The van der Waals surface area contributed by atoms with Gasteiger partial charge in [-0.15, -0.1) is 0 Å². The Morgan fingerprint density at radius 1 is 1.20 bits per heavy atom.